The van der Waals surface area contributed by atoms with Crippen LogP contribution in [0.3, 0.4) is 0 Å². The number of carbonyl (C=O) groups is 1. The summed E-state index contributed by atoms with van der Waals surface area (Å²) < 4.78 is 6.03. The van der Waals surface area contributed by atoms with Crippen LogP contribution >= 0.6 is 0 Å². The molecule has 2 aromatic rings. The van der Waals surface area contributed by atoms with Crippen molar-refractivity contribution in [2.75, 3.05) is 13.1 Å². The average molecular weight is 436 g/mol. The van der Waals surface area contributed by atoms with Crippen molar-refractivity contribution >= 4 is 12.1 Å². The summed E-state index contributed by atoms with van der Waals surface area (Å²) in [5, 5.41) is 19.4. The fourth-order valence-electron chi connectivity index (χ4n) is 3.62. The van der Waals surface area contributed by atoms with Gasteiger partial charge in [-0.2, -0.15) is 0 Å². The van der Waals surface area contributed by atoms with Gasteiger partial charge in [-0.3, -0.25) is 14.8 Å². The highest BCUT2D eigenvalue weighted by atomic mass is 16.5. The van der Waals surface area contributed by atoms with Gasteiger partial charge in [-0.1, -0.05) is 6.07 Å². The first-order valence-corrected chi connectivity index (χ1v) is 10.8. The number of β-amino-alcohol motifs (C(OH)–C–C–N with tert-alkyl or cyclic N) is 1. The first-order chi connectivity index (χ1) is 15.4. The molecule has 0 radical (unpaired) electrons. The fourth-order valence-corrected chi connectivity index (χ4v) is 3.62. The van der Waals surface area contributed by atoms with Crippen molar-refractivity contribution in [3.8, 4) is 17.0 Å². The lowest BCUT2D eigenvalue weighted by Crippen LogP contribution is -2.37. The van der Waals surface area contributed by atoms with Gasteiger partial charge in [0.05, 0.1) is 11.7 Å². The number of aliphatic hydroxyl groups excluding tert-OH is 1. The Morgan fingerprint density at radius 2 is 2.12 bits per heavy atom. The molecule has 3 heterocycles. The number of rotatable bonds is 6. The Morgan fingerprint density at radius 1 is 1.28 bits per heavy atom. The van der Waals surface area contributed by atoms with Crippen LogP contribution in [0.25, 0.3) is 11.3 Å². The Labute approximate surface area is 187 Å². The minimum atomic E-state index is -0.596. The van der Waals surface area contributed by atoms with Crippen molar-refractivity contribution in [3.05, 3.63) is 59.4 Å². The normalized spacial score (nSPS) is 23.2. The molecule has 0 saturated carbocycles. The molecule has 0 aliphatic carbocycles. The third-order valence-electron chi connectivity index (χ3n) is 5.58. The van der Waals surface area contributed by atoms with E-state index < -0.39 is 6.10 Å². The molecule has 2 aliphatic rings. The lowest BCUT2D eigenvalue weighted by Gasteiger charge is -2.21. The van der Waals surface area contributed by atoms with Crippen molar-refractivity contribution in [2.45, 2.75) is 45.2 Å². The highest BCUT2D eigenvalue weighted by molar-refractivity contribution is 5.97. The number of hydrogen-bond acceptors (Lipinski definition) is 7. The highest BCUT2D eigenvalue weighted by Crippen LogP contribution is 2.27. The number of hydrogen-bond donors (Lipinski definition) is 4. The zero-order valence-electron chi connectivity index (χ0n) is 18.5. The summed E-state index contributed by atoms with van der Waals surface area (Å²) in [5.74, 6) is 0.290. The number of nitrogens with one attached hydrogen (secondary N) is 3. The van der Waals surface area contributed by atoms with E-state index >= 15 is 0 Å². The molecule has 2 aliphatic heterocycles. The summed E-state index contributed by atoms with van der Waals surface area (Å²) in [5.41, 5.74) is 3.92. The van der Waals surface area contributed by atoms with Crippen LogP contribution in [-0.2, 0) is 0 Å². The Hall–Kier alpha value is -3.23. The van der Waals surface area contributed by atoms with Crippen molar-refractivity contribution in [1.82, 2.24) is 20.9 Å². The van der Waals surface area contributed by atoms with E-state index in [0.717, 1.165) is 22.4 Å². The summed E-state index contributed by atoms with van der Waals surface area (Å²) in [6.45, 7) is 6.88. The first kappa shape index (κ1) is 22.0. The molecule has 1 saturated heterocycles. The van der Waals surface area contributed by atoms with Crippen LogP contribution in [0.15, 0.2) is 53.3 Å². The monoisotopic (exact) mass is 435 g/mol. The zero-order chi connectivity index (χ0) is 22.7. The first-order valence-electron chi connectivity index (χ1n) is 10.8. The SMILES string of the molecule is Cc1ccc(-c2cc(OC3CNCC3O)cc(C(=O)N[C@H](C)C3=CNC(C)N=C3)c2)nc1. The van der Waals surface area contributed by atoms with Gasteiger partial charge in [0.15, 0.2) is 0 Å². The molecule has 4 N–H and O–H groups in total. The van der Waals surface area contributed by atoms with Gasteiger partial charge in [-0.25, -0.2) is 0 Å². The molecule has 32 heavy (non-hydrogen) atoms. The Balaban J connectivity index is 1.60. The summed E-state index contributed by atoms with van der Waals surface area (Å²) in [6.07, 6.45) is 4.50. The number of amides is 1. The standard InChI is InChI=1S/C24H29N5O3/c1-14-4-5-21(28-9-14)17-6-18(8-20(7-17)32-23-13-25-12-22(23)30)24(31)29-15(2)19-10-26-16(3)27-11-19/h4-11,15-16,22-23,25-26,30H,12-13H2,1-3H3,(H,29,31)/t15-,16?,22?,23?/m1/s1. The Kier molecular flexibility index (Phi) is 6.53. The summed E-state index contributed by atoms with van der Waals surface area (Å²) in [4.78, 5) is 21.9. The minimum absolute atomic E-state index is 0.0282. The van der Waals surface area contributed by atoms with Crippen molar-refractivity contribution in [2.24, 2.45) is 4.99 Å². The van der Waals surface area contributed by atoms with E-state index in [1.54, 1.807) is 24.5 Å². The maximum Gasteiger partial charge on any atom is 0.251 e. The zero-order valence-corrected chi connectivity index (χ0v) is 18.5. The summed E-state index contributed by atoms with van der Waals surface area (Å²) >= 11 is 0. The lowest BCUT2D eigenvalue weighted by molar-refractivity contribution is 0.0736. The van der Waals surface area contributed by atoms with Gasteiger partial charge in [0, 0.05) is 48.4 Å². The molecule has 0 spiro atoms. The third-order valence-corrected chi connectivity index (χ3v) is 5.58. The second-order valence-electron chi connectivity index (χ2n) is 8.31. The van der Waals surface area contributed by atoms with Crippen molar-refractivity contribution in [3.63, 3.8) is 0 Å². The van der Waals surface area contributed by atoms with Crippen LogP contribution in [0, 0.1) is 6.92 Å². The van der Waals surface area contributed by atoms with Gasteiger partial charge in [0.1, 0.15) is 24.1 Å². The van der Waals surface area contributed by atoms with Crippen LogP contribution in [0.1, 0.15) is 29.8 Å². The Morgan fingerprint density at radius 3 is 2.78 bits per heavy atom. The van der Waals surface area contributed by atoms with Crippen molar-refractivity contribution in [1.29, 1.82) is 0 Å². The van der Waals surface area contributed by atoms with Gasteiger partial charge in [-0.15, -0.1) is 0 Å². The molecule has 4 rings (SSSR count). The second-order valence-corrected chi connectivity index (χ2v) is 8.31. The summed E-state index contributed by atoms with van der Waals surface area (Å²) in [7, 11) is 0. The van der Waals surface area contributed by atoms with Crippen LogP contribution in [-0.4, -0.2) is 59.7 Å². The number of aliphatic imine (C=N–C) groups is 1. The van der Waals surface area contributed by atoms with Gasteiger partial charge >= 0.3 is 0 Å². The molecule has 0 bridgehead atoms. The second kappa shape index (κ2) is 9.50. The molecule has 8 heteroatoms. The molecule has 168 valence electrons. The molecule has 4 atom stereocenters. The maximum atomic E-state index is 13.1. The molecule has 1 aromatic carbocycles. The fraction of sp³-hybridized carbons (Fsp3) is 0.375. The van der Waals surface area contributed by atoms with Gasteiger partial charge in [0.25, 0.3) is 5.91 Å². The number of aryl methyl sites for hydroxylation is 1. The van der Waals surface area contributed by atoms with Gasteiger partial charge in [0.2, 0.25) is 0 Å². The smallest absolute Gasteiger partial charge is 0.251 e. The van der Waals surface area contributed by atoms with Crippen LogP contribution in [0.5, 0.6) is 5.75 Å². The summed E-state index contributed by atoms with van der Waals surface area (Å²) in [6, 6.07) is 9.03. The highest BCUT2D eigenvalue weighted by Gasteiger charge is 2.27. The van der Waals surface area contributed by atoms with E-state index in [1.165, 1.54) is 0 Å². The van der Waals surface area contributed by atoms with Gasteiger partial charge in [-0.05, 0) is 50.6 Å². The van der Waals surface area contributed by atoms with E-state index in [2.05, 4.69) is 25.9 Å². The Bertz CT molecular complexity index is 1030. The molecule has 3 unspecified atom stereocenters. The van der Waals surface area contributed by atoms with Crippen LogP contribution in [0.4, 0.5) is 0 Å². The van der Waals surface area contributed by atoms with Crippen LogP contribution in [0.2, 0.25) is 0 Å². The maximum absolute atomic E-state index is 13.1. The number of benzene rings is 1. The lowest BCUT2D eigenvalue weighted by atomic mass is 10.0. The van der Waals surface area contributed by atoms with Gasteiger partial charge < -0.3 is 25.8 Å². The van der Waals surface area contributed by atoms with E-state index in [1.807, 2.05) is 45.2 Å². The number of carbonyl (C=O) groups excluding carboxylic acids is 1. The predicted octanol–water partition coefficient (Wildman–Crippen LogP) is 1.79. The third kappa shape index (κ3) is 5.15. The number of ether oxygens (including phenoxy) is 1. The molecule has 1 aromatic heterocycles. The van der Waals surface area contributed by atoms with E-state index in [0.29, 0.717) is 24.4 Å². The molecule has 8 nitrogen and oxygen atoms in total. The largest absolute Gasteiger partial charge is 0.486 e. The average Bonchev–Trinajstić information content (AvgIpc) is 3.18. The van der Waals surface area contributed by atoms with E-state index in [9.17, 15) is 9.90 Å². The number of nitrogens with zero attached hydrogens (tertiary/aromatic N) is 2. The minimum Gasteiger partial charge on any atom is -0.486 e. The van der Waals surface area contributed by atoms with E-state index in [4.69, 9.17) is 4.74 Å². The van der Waals surface area contributed by atoms with E-state index in [-0.39, 0.29) is 24.2 Å². The van der Waals surface area contributed by atoms with Crippen LogP contribution < -0.4 is 20.7 Å². The topological polar surface area (TPSA) is 108 Å². The number of pyridine rings is 1. The number of aromatic nitrogens is 1. The molecule has 1 fully saturated rings. The molecule has 1 amide bonds. The number of aliphatic hydroxyl groups is 1. The van der Waals surface area contributed by atoms with Crippen molar-refractivity contribution < 1.29 is 14.6 Å². The predicted molar refractivity (Wildman–Crippen MR) is 124 cm³/mol. The quantitative estimate of drug-likeness (QED) is 0.551. The molecular weight excluding hydrogens is 406 g/mol. The molecular formula is C24H29N5O3.